The van der Waals surface area contributed by atoms with Crippen LogP contribution in [-0.2, 0) is 4.74 Å². The van der Waals surface area contributed by atoms with Crippen molar-refractivity contribution in [3.05, 3.63) is 22.2 Å². The lowest BCUT2D eigenvalue weighted by Gasteiger charge is -2.19. The zero-order valence-corrected chi connectivity index (χ0v) is 11.7. The van der Waals surface area contributed by atoms with Crippen LogP contribution in [0.2, 0.25) is 0 Å². The number of aromatic nitrogens is 1. The van der Waals surface area contributed by atoms with Gasteiger partial charge in [-0.3, -0.25) is 0 Å². The molecule has 0 saturated carbocycles. The summed E-state index contributed by atoms with van der Waals surface area (Å²) in [5.41, 5.74) is -0.0262. The van der Waals surface area contributed by atoms with Gasteiger partial charge in [0.15, 0.2) is 0 Å². The van der Waals surface area contributed by atoms with E-state index in [4.69, 9.17) is 4.74 Å². The maximum Gasteiger partial charge on any atom is 0.407 e. The van der Waals surface area contributed by atoms with Crippen LogP contribution in [0.1, 0.15) is 36.3 Å². The first kappa shape index (κ1) is 15.2. The average Bonchev–Trinajstić information content (AvgIpc) is 2.70. The highest BCUT2D eigenvalue weighted by molar-refractivity contribution is 7.11. The SMILES string of the molecule is CC(C)(C)OC(=O)NCC=Cc1csc(C(=O)[O-])n1. The molecule has 1 aromatic heterocycles. The molecule has 0 spiro atoms. The van der Waals surface area contributed by atoms with Gasteiger partial charge in [-0.15, -0.1) is 11.3 Å². The number of amides is 1. The van der Waals surface area contributed by atoms with Crippen LogP contribution in [0.25, 0.3) is 6.08 Å². The largest absolute Gasteiger partial charge is 0.542 e. The number of carbonyl (C=O) groups excluding carboxylic acids is 2. The van der Waals surface area contributed by atoms with Crippen LogP contribution in [0.3, 0.4) is 0 Å². The normalized spacial score (nSPS) is 11.5. The minimum absolute atomic E-state index is 0.0697. The first-order chi connectivity index (χ1) is 8.78. The van der Waals surface area contributed by atoms with E-state index in [1.54, 1.807) is 38.3 Å². The highest BCUT2D eigenvalue weighted by Gasteiger charge is 2.14. The van der Waals surface area contributed by atoms with Crippen molar-refractivity contribution in [3.63, 3.8) is 0 Å². The Morgan fingerprint density at radius 3 is 2.74 bits per heavy atom. The predicted molar refractivity (Wildman–Crippen MR) is 69.7 cm³/mol. The lowest BCUT2D eigenvalue weighted by molar-refractivity contribution is -0.255. The maximum absolute atomic E-state index is 11.3. The van der Waals surface area contributed by atoms with Crippen LogP contribution in [0.5, 0.6) is 0 Å². The zero-order valence-electron chi connectivity index (χ0n) is 10.9. The van der Waals surface area contributed by atoms with Crippen LogP contribution in [0.4, 0.5) is 4.79 Å². The summed E-state index contributed by atoms with van der Waals surface area (Å²) in [4.78, 5) is 25.6. The summed E-state index contributed by atoms with van der Waals surface area (Å²) in [5, 5.41) is 14.6. The zero-order chi connectivity index (χ0) is 14.5. The Bertz CT molecular complexity index is 488. The fourth-order valence-electron chi connectivity index (χ4n) is 1.09. The molecular weight excluding hydrogens is 268 g/mol. The van der Waals surface area contributed by atoms with Crippen molar-refractivity contribution in [2.75, 3.05) is 6.54 Å². The van der Waals surface area contributed by atoms with Gasteiger partial charge in [-0.05, 0) is 26.8 Å². The predicted octanol–water partition coefficient (Wildman–Crippen LogP) is 1.04. The standard InChI is InChI=1S/C12H16N2O4S/c1-12(2,3)18-11(17)13-6-4-5-8-7-19-9(14-8)10(15)16/h4-5,7H,6H2,1-3H3,(H,13,17)(H,15,16)/p-1. The van der Waals surface area contributed by atoms with E-state index in [0.29, 0.717) is 5.69 Å². The fraction of sp³-hybridized carbons (Fsp3) is 0.417. The molecule has 19 heavy (non-hydrogen) atoms. The summed E-state index contributed by atoms with van der Waals surface area (Å²) < 4.78 is 5.04. The molecule has 1 rings (SSSR count). The molecule has 0 aliphatic heterocycles. The molecule has 0 aliphatic rings. The van der Waals surface area contributed by atoms with Gasteiger partial charge in [0.2, 0.25) is 0 Å². The summed E-state index contributed by atoms with van der Waals surface area (Å²) in [6.07, 6.45) is 2.75. The van der Waals surface area contributed by atoms with Gasteiger partial charge in [0.1, 0.15) is 16.6 Å². The molecule has 1 amide bonds. The Hall–Kier alpha value is -1.89. The minimum atomic E-state index is -1.29. The number of carbonyl (C=O) groups is 2. The van der Waals surface area contributed by atoms with Crippen LogP contribution in [-0.4, -0.2) is 29.2 Å². The molecule has 7 heteroatoms. The molecule has 104 valence electrons. The van der Waals surface area contributed by atoms with Crippen LogP contribution < -0.4 is 10.4 Å². The van der Waals surface area contributed by atoms with Crippen LogP contribution in [0, 0.1) is 0 Å². The number of carboxylic acids is 1. The summed E-state index contributed by atoms with van der Waals surface area (Å²) in [7, 11) is 0. The number of nitrogens with zero attached hydrogens (tertiary/aromatic N) is 1. The second-order valence-corrected chi connectivity index (χ2v) is 5.51. The summed E-state index contributed by atoms with van der Waals surface area (Å²) in [6, 6.07) is 0. The van der Waals surface area contributed by atoms with E-state index in [0.717, 1.165) is 11.3 Å². The third-order valence-electron chi connectivity index (χ3n) is 1.75. The van der Waals surface area contributed by atoms with Crippen molar-refractivity contribution >= 4 is 29.5 Å². The summed E-state index contributed by atoms with van der Waals surface area (Å²) in [5.74, 6) is -1.29. The van der Waals surface area contributed by atoms with E-state index in [-0.39, 0.29) is 11.6 Å². The third-order valence-corrected chi connectivity index (χ3v) is 2.59. The Morgan fingerprint density at radius 1 is 1.53 bits per heavy atom. The van der Waals surface area contributed by atoms with Crippen molar-refractivity contribution in [2.45, 2.75) is 26.4 Å². The van der Waals surface area contributed by atoms with Crippen molar-refractivity contribution in [1.29, 1.82) is 0 Å². The van der Waals surface area contributed by atoms with Gasteiger partial charge in [0, 0.05) is 11.9 Å². The Balaban J connectivity index is 2.38. The number of thiazole rings is 1. The van der Waals surface area contributed by atoms with Crippen LogP contribution >= 0.6 is 11.3 Å². The topological polar surface area (TPSA) is 91.3 Å². The van der Waals surface area contributed by atoms with E-state index >= 15 is 0 Å². The molecule has 0 aliphatic carbocycles. The van der Waals surface area contributed by atoms with Crippen molar-refractivity contribution in [1.82, 2.24) is 10.3 Å². The molecule has 1 N–H and O–H groups in total. The molecule has 0 radical (unpaired) electrons. The van der Waals surface area contributed by atoms with Crippen molar-refractivity contribution in [3.8, 4) is 0 Å². The average molecular weight is 283 g/mol. The Kier molecular flexibility index (Phi) is 5.05. The van der Waals surface area contributed by atoms with E-state index in [9.17, 15) is 14.7 Å². The second kappa shape index (κ2) is 6.33. The second-order valence-electron chi connectivity index (χ2n) is 4.65. The van der Waals surface area contributed by atoms with E-state index in [2.05, 4.69) is 10.3 Å². The van der Waals surface area contributed by atoms with E-state index in [1.807, 2.05) is 0 Å². The van der Waals surface area contributed by atoms with Crippen molar-refractivity contribution in [2.24, 2.45) is 0 Å². The number of alkyl carbamates (subject to hydrolysis) is 1. The van der Waals surface area contributed by atoms with Gasteiger partial charge in [0.25, 0.3) is 0 Å². The number of rotatable bonds is 4. The molecule has 0 fully saturated rings. The number of hydrogen-bond donors (Lipinski definition) is 1. The number of nitrogens with one attached hydrogen (secondary N) is 1. The van der Waals surface area contributed by atoms with E-state index < -0.39 is 17.7 Å². The van der Waals surface area contributed by atoms with Gasteiger partial charge in [0.05, 0.1) is 5.69 Å². The fourth-order valence-corrected chi connectivity index (χ4v) is 1.71. The molecule has 0 atom stereocenters. The molecule has 0 saturated heterocycles. The molecule has 1 heterocycles. The highest BCUT2D eigenvalue weighted by atomic mass is 32.1. The highest BCUT2D eigenvalue weighted by Crippen LogP contribution is 2.10. The van der Waals surface area contributed by atoms with Crippen molar-refractivity contribution < 1.29 is 19.4 Å². The van der Waals surface area contributed by atoms with Gasteiger partial charge < -0.3 is 20.0 Å². The molecule has 0 aromatic carbocycles. The maximum atomic E-state index is 11.3. The number of hydrogen-bond acceptors (Lipinski definition) is 6. The number of carboxylic acid groups (broad SMARTS) is 1. The van der Waals surface area contributed by atoms with Gasteiger partial charge >= 0.3 is 6.09 Å². The summed E-state index contributed by atoms with van der Waals surface area (Å²) >= 11 is 0.993. The lowest BCUT2D eigenvalue weighted by atomic mass is 10.2. The van der Waals surface area contributed by atoms with Gasteiger partial charge in [-0.1, -0.05) is 6.08 Å². The minimum Gasteiger partial charge on any atom is -0.542 e. The number of ether oxygens (including phenoxy) is 1. The van der Waals surface area contributed by atoms with Gasteiger partial charge in [-0.2, -0.15) is 0 Å². The van der Waals surface area contributed by atoms with Crippen LogP contribution in [0.15, 0.2) is 11.5 Å². The molecule has 1 aromatic rings. The third kappa shape index (κ3) is 6.01. The smallest absolute Gasteiger partial charge is 0.407 e. The number of aromatic carboxylic acids is 1. The Labute approximate surface area is 115 Å². The molecule has 0 bridgehead atoms. The summed E-state index contributed by atoms with van der Waals surface area (Å²) in [6.45, 7) is 5.60. The van der Waals surface area contributed by atoms with E-state index in [1.165, 1.54) is 0 Å². The molecule has 6 nitrogen and oxygen atoms in total. The first-order valence-electron chi connectivity index (χ1n) is 5.58. The molecule has 0 unspecified atom stereocenters. The molecular formula is C12H15N2O4S-. The lowest BCUT2D eigenvalue weighted by Crippen LogP contribution is -2.32. The Morgan fingerprint density at radius 2 is 2.21 bits per heavy atom. The van der Waals surface area contributed by atoms with Gasteiger partial charge in [-0.25, -0.2) is 9.78 Å². The quantitative estimate of drug-likeness (QED) is 0.891. The monoisotopic (exact) mass is 283 g/mol. The first-order valence-corrected chi connectivity index (χ1v) is 6.46.